The van der Waals surface area contributed by atoms with Crippen molar-refractivity contribution in [2.24, 2.45) is 0 Å². The molecule has 0 spiro atoms. The fourth-order valence-corrected chi connectivity index (χ4v) is 0.561. The van der Waals surface area contributed by atoms with Gasteiger partial charge in [-0.25, -0.2) is 0 Å². The second-order valence-electron chi connectivity index (χ2n) is 2.05. The van der Waals surface area contributed by atoms with E-state index in [4.69, 9.17) is 4.74 Å². The van der Waals surface area contributed by atoms with Gasteiger partial charge in [-0.15, -0.1) is 0 Å². The van der Waals surface area contributed by atoms with Gasteiger partial charge in [-0.05, 0) is 6.92 Å². The molecule has 11 heavy (non-hydrogen) atoms. The first-order chi connectivity index (χ1) is 4.56. The Labute approximate surface area is 108 Å². The number of halogens is 3. The van der Waals surface area contributed by atoms with E-state index >= 15 is 0 Å². The topological polar surface area (TPSA) is 9.23 Å². The van der Waals surface area contributed by atoms with Crippen LogP contribution in [0.25, 0.3) is 0 Å². The summed E-state index contributed by atoms with van der Waals surface area (Å²) >= 11 is 0. The predicted octanol–water partition coefficient (Wildman–Crippen LogP) is -0.736. The van der Waals surface area contributed by atoms with Gasteiger partial charge in [-0.3, -0.25) is 0 Å². The predicted molar refractivity (Wildman–Crippen MR) is 35.0 cm³/mol. The Morgan fingerprint density at radius 1 is 1.27 bits per heavy atom. The van der Waals surface area contributed by atoms with Crippen LogP contribution in [0.4, 0.5) is 12.9 Å². The van der Waals surface area contributed by atoms with Gasteiger partial charge in [-0.2, -0.15) is 0 Å². The minimum atomic E-state index is -4.60. The fourth-order valence-electron chi connectivity index (χ4n) is 0.561. The first-order valence-corrected chi connectivity index (χ1v) is 3.35. The SMILES string of the molecule is CCOCCC[B-](F)(F)F.[K+]. The summed E-state index contributed by atoms with van der Waals surface area (Å²) in [5, 5.41) is 0. The van der Waals surface area contributed by atoms with Gasteiger partial charge in [0, 0.05) is 13.2 Å². The van der Waals surface area contributed by atoms with Crippen molar-refractivity contribution in [2.75, 3.05) is 13.2 Å². The summed E-state index contributed by atoms with van der Waals surface area (Å²) in [6, 6.07) is 0. The molecule has 0 aromatic carbocycles. The molecule has 0 aliphatic carbocycles. The standard InChI is InChI=1S/C5H11BF3O.K/c1-2-10-5-3-4-6(7,8)9;/h2-5H2,1H3;/q-1;+1. The van der Waals surface area contributed by atoms with Gasteiger partial charge in [0.15, 0.2) is 0 Å². The molecule has 0 fully saturated rings. The average molecular weight is 194 g/mol. The maximum absolute atomic E-state index is 11.5. The summed E-state index contributed by atoms with van der Waals surface area (Å²) in [5.74, 6) is 0. The molecule has 0 heterocycles. The van der Waals surface area contributed by atoms with Gasteiger partial charge < -0.3 is 17.7 Å². The molecule has 0 bridgehead atoms. The van der Waals surface area contributed by atoms with Crippen molar-refractivity contribution in [3.05, 3.63) is 0 Å². The second kappa shape index (κ2) is 8.07. The molecule has 0 radical (unpaired) electrons. The molecule has 6 heteroatoms. The zero-order chi connectivity index (χ0) is 8.04. The van der Waals surface area contributed by atoms with Crippen molar-refractivity contribution in [2.45, 2.75) is 19.7 Å². The Balaban J connectivity index is 0. The van der Waals surface area contributed by atoms with E-state index in [2.05, 4.69) is 0 Å². The van der Waals surface area contributed by atoms with E-state index in [0.29, 0.717) is 6.61 Å². The van der Waals surface area contributed by atoms with Crippen molar-refractivity contribution in [3.8, 4) is 0 Å². The van der Waals surface area contributed by atoms with E-state index in [1.54, 1.807) is 6.92 Å². The Morgan fingerprint density at radius 2 is 1.82 bits per heavy atom. The number of hydrogen-bond acceptors (Lipinski definition) is 1. The Bertz CT molecular complexity index is 88.3. The third-order valence-electron chi connectivity index (χ3n) is 1.02. The monoisotopic (exact) mass is 194 g/mol. The van der Waals surface area contributed by atoms with Crippen LogP contribution in [-0.2, 0) is 4.74 Å². The van der Waals surface area contributed by atoms with Crippen molar-refractivity contribution in [1.82, 2.24) is 0 Å². The molecule has 62 valence electrons. The Kier molecular flexibility index (Phi) is 11.0. The molecule has 1 nitrogen and oxygen atoms in total. The first-order valence-electron chi connectivity index (χ1n) is 3.35. The molecule has 0 aromatic heterocycles. The normalized spacial score (nSPS) is 10.9. The third kappa shape index (κ3) is 14.3. The molecule has 0 aromatic rings. The van der Waals surface area contributed by atoms with Crippen molar-refractivity contribution >= 4 is 6.98 Å². The molecule has 0 unspecified atom stereocenters. The largest absolute Gasteiger partial charge is 1.00 e. The van der Waals surface area contributed by atoms with Crippen LogP contribution in [0, 0.1) is 0 Å². The van der Waals surface area contributed by atoms with Crippen molar-refractivity contribution in [1.29, 1.82) is 0 Å². The van der Waals surface area contributed by atoms with E-state index in [1.807, 2.05) is 0 Å². The second-order valence-corrected chi connectivity index (χ2v) is 2.05. The summed E-state index contributed by atoms with van der Waals surface area (Å²) in [6.45, 7) is -2.12. The Hall–Kier alpha value is 1.45. The molecular weight excluding hydrogens is 183 g/mol. The third-order valence-corrected chi connectivity index (χ3v) is 1.02. The zero-order valence-electron chi connectivity index (χ0n) is 6.95. The fraction of sp³-hybridized carbons (Fsp3) is 1.00. The van der Waals surface area contributed by atoms with Crippen LogP contribution in [0.2, 0.25) is 6.32 Å². The number of rotatable bonds is 5. The summed E-state index contributed by atoms with van der Waals surface area (Å²) < 4.78 is 39.2. The van der Waals surface area contributed by atoms with E-state index in [9.17, 15) is 12.9 Å². The quantitative estimate of drug-likeness (QED) is 0.414. The summed E-state index contributed by atoms with van der Waals surface area (Å²) in [7, 11) is 0. The maximum Gasteiger partial charge on any atom is 1.00 e. The molecule has 0 aliphatic rings. The van der Waals surface area contributed by atoms with Gasteiger partial charge in [0.25, 0.3) is 0 Å². The van der Waals surface area contributed by atoms with Crippen LogP contribution >= 0.6 is 0 Å². The molecule has 0 aliphatic heterocycles. The van der Waals surface area contributed by atoms with Gasteiger partial charge in [0.05, 0.1) is 0 Å². The molecule has 0 saturated heterocycles. The summed E-state index contributed by atoms with van der Waals surface area (Å²) in [4.78, 5) is 0. The van der Waals surface area contributed by atoms with Crippen LogP contribution in [0.3, 0.4) is 0 Å². The van der Waals surface area contributed by atoms with Gasteiger partial charge in [-0.1, -0.05) is 12.7 Å². The van der Waals surface area contributed by atoms with Crippen LogP contribution in [0.15, 0.2) is 0 Å². The van der Waals surface area contributed by atoms with Gasteiger partial charge in [0.1, 0.15) is 0 Å². The first kappa shape index (κ1) is 14.9. The minimum Gasteiger partial charge on any atom is -0.449 e. The van der Waals surface area contributed by atoms with Crippen molar-refractivity contribution < 1.29 is 69.1 Å². The average Bonchev–Trinajstić information content (AvgIpc) is 1.78. The minimum absolute atomic E-state index is 0. The van der Waals surface area contributed by atoms with Crippen LogP contribution in [-0.4, -0.2) is 20.2 Å². The molecule has 0 atom stereocenters. The summed E-state index contributed by atoms with van der Waals surface area (Å²) in [5.41, 5.74) is 0. The molecular formula is C5H11BF3KO. The van der Waals surface area contributed by atoms with E-state index in [1.165, 1.54) is 0 Å². The smallest absolute Gasteiger partial charge is 0.449 e. The Morgan fingerprint density at radius 3 is 2.18 bits per heavy atom. The molecule has 0 rings (SSSR count). The number of hydrogen-bond donors (Lipinski definition) is 0. The molecule has 0 amide bonds. The maximum atomic E-state index is 11.5. The summed E-state index contributed by atoms with van der Waals surface area (Å²) in [6.07, 6.45) is -0.586. The number of ether oxygens (including phenoxy) is 1. The van der Waals surface area contributed by atoms with E-state index in [0.717, 1.165) is 0 Å². The molecule has 0 N–H and O–H groups in total. The van der Waals surface area contributed by atoms with Gasteiger partial charge >= 0.3 is 58.4 Å². The van der Waals surface area contributed by atoms with Crippen LogP contribution in [0.5, 0.6) is 0 Å². The van der Waals surface area contributed by atoms with Gasteiger partial charge in [0.2, 0.25) is 0 Å². The van der Waals surface area contributed by atoms with E-state index < -0.39 is 13.3 Å². The van der Waals surface area contributed by atoms with Crippen LogP contribution < -0.4 is 51.4 Å². The zero-order valence-corrected chi connectivity index (χ0v) is 10.1. The van der Waals surface area contributed by atoms with Crippen LogP contribution in [0.1, 0.15) is 13.3 Å². The van der Waals surface area contributed by atoms with Crippen molar-refractivity contribution in [3.63, 3.8) is 0 Å². The molecule has 0 saturated carbocycles. The van der Waals surface area contributed by atoms with E-state index in [-0.39, 0.29) is 64.4 Å².